The molecule has 3 aromatic carbocycles. The van der Waals surface area contributed by atoms with Crippen LogP contribution in [0.4, 0.5) is 11.6 Å². The molecular formula is C27H21N5O2. The molecule has 0 radical (unpaired) electrons. The lowest BCUT2D eigenvalue weighted by atomic mass is 10.1. The van der Waals surface area contributed by atoms with Gasteiger partial charge in [0.15, 0.2) is 0 Å². The first-order valence-electron chi connectivity index (χ1n) is 10.7. The maximum absolute atomic E-state index is 11.8. The Morgan fingerprint density at radius 1 is 0.824 bits per heavy atom. The molecule has 166 valence electrons. The van der Waals surface area contributed by atoms with Crippen molar-refractivity contribution in [2.24, 2.45) is 0 Å². The maximum Gasteiger partial charge on any atom is 0.269 e. The molecule has 5 aromatic rings. The Labute approximate surface area is 196 Å². The second kappa shape index (κ2) is 9.38. The Bertz CT molecular complexity index is 1470. The van der Waals surface area contributed by atoms with E-state index in [1.807, 2.05) is 48.5 Å². The van der Waals surface area contributed by atoms with Gasteiger partial charge in [-0.05, 0) is 47.5 Å². The van der Waals surface area contributed by atoms with Crippen molar-refractivity contribution in [3.8, 4) is 22.6 Å². The monoisotopic (exact) mass is 447 g/mol. The minimum atomic E-state index is -0.272. The molecule has 0 bridgehead atoms. The Balaban J connectivity index is 1.34. The van der Waals surface area contributed by atoms with Crippen LogP contribution < -0.4 is 15.4 Å². The highest BCUT2D eigenvalue weighted by Crippen LogP contribution is 2.27. The Kier molecular flexibility index (Phi) is 5.82. The molecule has 2 heterocycles. The molecule has 7 nitrogen and oxygen atoms in total. The van der Waals surface area contributed by atoms with Gasteiger partial charge in [0.05, 0.1) is 5.52 Å². The summed E-state index contributed by atoms with van der Waals surface area (Å²) in [4.78, 5) is 24.9. The standard InChI is InChI=1S/C27H21N5O2/c1-28-26(33)25-16-23(12-13-29-25)34-22-10-11-24-20(15-22)17-30-27(32-24)31-21-9-5-8-19(14-21)18-6-3-2-4-7-18/h2-17H,1H3,(H,28,33)(H,30,31,32). The number of ether oxygens (including phenoxy) is 1. The largest absolute Gasteiger partial charge is 0.457 e. The average Bonchev–Trinajstić information content (AvgIpc) is 2.89. The number of anilines is 2. The van der Waals surface area contributed by atoms with E-state index in [4.69, 9.17) is 4.74 Å². The van der Waals surface area contributed by atoms with Crippen LogP contribution in [0.2, 0.25) is 0 Å². The fourth-order valence-electron chi connectivity index (χ4n) is 3.53. The number of fused-ring (bicyclic) bond motifs is 1. The molecule has 0 aliphatic heterocycles. The zero-order chi connectivity index (χ0) is 23.3. The van der Waals surface area contributed by atoms with E-state index < -0.39 is 0 Å². The topological polar surface area (TPSA) is 89.0 Å². The number of nitrogens with zero attached hydrogens (tertiary/aromatic N) is 3. The summed E-state index contributed by atoms with van der Waals surface area (Å²) in [5.74, 6) is 1.37. The lowest BCUT2D eigenvalue weighted by Crippen LogP contribution is -2.18. The van der Waals surface area contributed by atoms with Gasteiger partial charge in [0.2, 0.25) is 5.95 Å². The number of hydrogen-bond acceptors (Lipinski definition) is 6. The van der Waals surface area contributed by atoms with Gasteiger partial charge >= 0.3 is 0 Å². The second-order valence-corrected chi connectivity index (χ2v) is 7.54. The number of nitrogens with one attached hydrogen (secondary N) is 2. The van der Waals surface area contributed by atoms with Crippen molar-refractivity contribution < 1.29 is 9.53 Å². The van der Waals surface area contributed by atoms with Crippen LogP contribution in [0.3, 0.4) is 0 Å². The quantitative estimate of drug-likeness (QED) is 0.353. The third-order valence-electron chi connectivity index (χ3n) is 5.20. The van der Waals surface area contributed by atoms with Gasteiger partial charge in [-0.3, -0.25) is 9.78 Å². The predicted molar refractivity (Wildman–Crippen MR) is 132 cm³/mol. The number of aromatic nitrogens is 3. The number of carbonyl (C=O) groups is 1. The minimum Gasteiger partial charge on any atom is -0.457 e. The fourth-order valence-corrected chi connectivity index (χ4v) is 3.53. The third kappa shape index (κ3) is 4.68. The van der Waals surface area contributed by atoms with Gasteiger partial charge in [0.1, 0.15) is 17.2 Å². The number of pyridine rings is 1. The summed E-state index contributed by atoms with van der Waals surface area (Å²) >= 11 is 0. The van der Waals surface area contributed by atoms with Gasteiger partial charge in [-0.1, -0.05) is 42.5 Å². The van der Waals surface area contributed by atoms with Gasteiger partial charge < -0.3 is 15.4 Å². The van der Waals surface area contributed by atoms with Gasteiger partial charge in [-0.2, -0.15) is 0 Å². The van der Waals surface area contributed by atoms with E-state index in [-0.39, 0.29) is 11.6 Å². The van der Waals surface area contributed by atoms with Crippen LogP contribution in [0.15, 0.2) is 97.3 Å². The van der Waals surface area contributed by atoms with E-state index >= 15 is 0 Å². The minimum absolute atomic E-state index is 0.272. The molecule has 0 aliphatic rings. The van der Waals surface area contributed by atoms with Crippen LogP contribution in [0.25, 0.3) is 22.0 Å². The second-order valence-electron chi connectivity index (χ2n) is 7.54. The first-order valence-corrected chi connectivity index (χ1v) is 10.7. The first-order chi connectivity index (χ1) is 16.7. The van der Waals surface area contributed by atoms with Crippen LogP contribution in [-0.4, -0.2) is 27.9 Å². The Morgan fingerprint density at radius 3 is 2.50 bits per heavy atom. The molecule has 0 saturated carbocycles. The van der Waals surface area contributed by atoms with Crippen LogP contribution in [0, 0.1) is 0 Å². The van der Waals surface area contributed by atoms with E-state index in [1.165, 1.54) is 6.20 Å². The first kappa shape index (κ1) is 21.1. The summed E-state index contributed by atoms with van der Waals surface area (Å²) in [6.07, 6.45) is 3.29. The van der Waals surface area contributed by atoms with Crippen LogP contribution in [0.5, 0.6) is 11.5 Å². The van der Waals surface area contributed by atoms with Crippen molar-refractivity contribution in [3.05, 3.63) is 103 Å². The number of carbonyl (C=O) groups excluding carboxylic acids is 1. The van der Waals surface area contributed by atoms with Gasteiger partial charge in [0, 0.05) is 36.6 Å². The number of benzene rings is 3. The summed E-state index contributed by atoms with van der Waals surface area (Å²) in [7, 11) is 1.56. The van der Waals surface area contributed by atoms with E-state index in [9.17, 15) is 4.79 Å². The molecule has 0 unspecified atom stereocenters. The van der Waals surface area contributed by atoms with Gasteiger partial charge in [-0.15, -0.1) is 0 Å². The van der Waals surface area contributed by atoms with Crippen molar-refractivity contribution >= 4 is 28.4 Å². The number of hydrogen-bond donors (Lipinski definition) is 2. The molecule has 2 aromatic heterocycles. The summed E-state index contributed by atoms with van der Waals surface area (Å²) in [5.41, 5.74) is 4.24. The molecule has 0 fully saturated rings. The zero-order valence-electron chi connectivity index (χ0n) is 18.4. The smallest absolute Gasteiger partial charge is 0.269 e. The van der Waals surface area contributed by atoms with Crippen molar-refractivity contribution in [2.75, 3.05) is 12.4 Å². The zero-order valence-corrected chi connectivity index (χ0v) is 18.4. The third-order valence-corrected chi connectivity index (χ3v) is 5.20. The highest BCUT2D eigenvalue weighted by molar-refractivity contribution is 5.92. The molecule has 2 N–H and O–H groups in total. The molecule has 0 saturated heterocycles. The van der Waals surface area contributed by atoms with Crippen LogP contribution >= 0.6 is 0 Å². The maximum atomic E-state index is 11.8. The Morgan fingerprint density at radius 2 is 1.65 bits per heavy atom. The van der Waals surface area contributed by atoms with Crippen LogP contribution in [-0.2, 0) is 0 Å². The highest BCUT2D eigenvalue weighted by Gasteiger charge is 2.08. The van der Waals surface area contributed by atoms with Crippen molar-refractivity contribution in [3.63, 3.8) is 0 Å². The van der Waals surface area contributed by atoms with E-state index in [0.29, 0.717) is 17.4 Å². The van der Waals surface area contributed by atoms with Gasteiger partial charge in [0.25, 0.3) is 5.91 Å². The molecule has 0 atom stereocenters. The molecule has 7 heteroatoms. The van der Waals surface area contributed by atoms with Gasteiger partial charge in [-0.25, -0.2) is 9.97 Å². The van der Waals surface area contributed by atoms with Crippen LogP contribution in [0.1, 0.15) is 10.5 Å². The number of amides is 1. The lowest BCUT2D eigenvalue weighted by molar-refractivity contribution is 0.0958. The molecular weight excluding hydrogens is 426 g/mol. The summed E-state index contributed by atoms with van der Waals surface area (Å²) < 4.78 is 5.91. The lowest BCUT2D eigenvalue weighted by Gasteiger charge is -2.10. The van der Waals surface area contributed by atoms with E-state index in [0.717, 1.165) is 27.7 Å². The van der Waals surface area contributed by atoms with Crippen molar-refractivity contribution in [1.82, 2.24) is 20.3 Å². The summed E-state index contributed by atoms with van der Waals surface area (Å²) in [6, 6.07) is 27.2. The molecule has 34 heavy (non-hydrogen) atoms. The number of rotatable bonds is 6. The van der Waals surface area contributed by atoms with E-state index in [1.54, 1.807) is 25.4 Å². The molecule has 0 spiro atoms. The summed E-state index contributed by atoms with van der Waals surface area (Å²) in [5, 5.41) is 6.67. The molecule has 1 amide bonds. The predicted octanol–water partition coefficient (Wildman–Crippen LogP) is 5.59. The average molecular weight is 447 g/mol. The van der Waals surface area contributed by atoms with Crippen molar-refractivity contribution in [2.45, 2.75) is 0 Å². The Hall–Kier alpha value is -4.78. The normalized spacial score (nSPS) is 10.6. The SMILES string of the molecule is CNC(=O)c1cc(Oc2ccc3nc(Nc4cccc(-c5ccccc5)c4)ncc3c2)ccn1. The highest BCUT2D eigenvalue weighted by atomic mass is 16.5. The molecule has 0 aliphatic carbocycles. The molecule has 5 rings (SSSR count). The summed E-state index contributed by atoms with van der Waals surface area (Å²) in [6.45, 7) is 0. The van der Waals surface area contributed by atoms with E-state index in [2.05, 4.69) is 49.9 Å². The van der Waals surface area contributed by atoms with Crippen molar-refractivity contribution in [1.29, 1.82) is 0 Å². The fraction of sp³-hybridized carbons (Fsp3) is 0.0370.